The molecule has 1 heterocycles. The first-order chi connectivity index (χ1) is 10.7. The van der Waals surface area contributed by atoms with Crippen molar-refractivity contribution in [3.8, 4) is 0 Å². The average Bonchev–Trinajstić information content (AvgIpc) is 2.55. The van der Waals surface area contributed by atoms with Crippen molar-refractivity contribution < 1.29 is 0 Å². The SMILES string of the molecule is CC(C)c1ccc(CCCc2ncnc3ccccc23)cc1. The summed E-state index contributed by atoms with van der Waals surface area (Å²) < 4.78 is 0. The Bertz CT molecular complexity index is 740. The van der Waals surface area contributed by atoms with Crippen molar-refractivity contribution in [2.24, 2.45) is 0 Å². The lowest BCUT2D eigenvalue weighted by atomic mass is 9.99. The summed E-state index contributed by atoms with van der Waals surface area (Å²) in [6.07, 6.45) is 4.88. The summed E-state index contributed by atoms with van der Waals surface area (Å²) in [7, 11) is 0. The largest absolute Gasteiger partial charge is 0.241 e. The van der Waals surface area contributed by atoms with Gasteiger partial charge in [-0.2, -0.15) is 0 Å². The maximum atomic E-state index is 4.46. The molecule has 0 aliphatic carbocycles. The van der Waals surface area contributed by atoms with E-state index in [9.17, 15) is 0 Å². The van der Waals surface area contributed by atoms with E-state index in [2.05, 4.69) is 60.2 Å². The van der Waals surface area contributed by atoms with E-state index in [-0.39, 0.29) is 0 Å². The number of para-hydroxylation sites is 1. The zero-order valence-corrected chi connectivity index (χ0v) is 13.3. The minimum atomic E-state index is 0.599. The van der Waals surface area contributed by atoms with Gasteiger partial charge >= 0.3 is 0 Å². The molecular weight excluding hydrogens is 268 g/mol. The Morgan fingerprint density at radius 3 is 2.41 bits per heavy atom. The Morgan fingerprint density at radius 2 is 1.64 bits per heavy atom. The number of aryl methyl sites for hydroxylation is 2. The number of fused-ring (bicyclic) bond motifs is 1. The van der Waals surface area contributed by atoms with E-state index < -0.39 is 0 Å². The second-order valence-corrected chi connectivity index (χ2v) is 6.09. The van der Waals surface area contributed by atoms with E-state index in [4.69, 9.17) is 0 Å². The first kappa shape index (κ1) is 14.7. The van der Waals surface area contributed by atoms with E-state index in [0.29, 0.717) is 5.92 Å². The fourth-order valence-electron chi connectivity index (χ4n) is 2.79. The van der Waals surface area contributed by atoms with Crippen molar-refractivity contribution in [2.75, 3.05) is 0 Å². The number of aromatic nitrogens is 2. The maximum Gasteiger partial charge on any atom is 0.116 e. The van der Waals surface area contributed by atoms with Crippen LogP contribution in [0.5, 0.6) is 0 Å². The second-order valence-electron chi connectivity index (χ2n) is 6.09. The molecule has 0 saturated carbocycles. The summed E-state index contributed by atoms with van der Waals surface area (Å²) in [5.74, 6) is 0.599. The highest BCUT2D eigenvalue weighted by Gasteiger charge is 2.04. The molecule has 0 saturated heterocycles. The normalized spacial score (nSPS) is 11.2. The zero-order chi connectivity index (χ0) is 15.4. The Morgan fingerprint density at radius 1 is 0.864 bits per heavy atom. The second kappa shape index (κ2) is 6.69. The molecule has 3 rings (SSSR count). The molecular formula is C20H22N2. The minimum Gasteiger partial charge on any atom is -0.241 e. The van der Waals surface area contributed by atoms with Crippen LogP contribution in [0.15, 0.2) is 54.9 Å². The van der Waals surface area contributed by atoms with Crippen molar-refractivity contribution in [1.29, 1.82) is 0 Å². The highest BCUT2D eigenvalue weighted by atomic mass is 14.8. The zero-order valence-electron chi connectivity index (χ0n) is 13.3. The van der Waals surface area contributed by atoms with E-state index >= 15 is 0 Å². The third-order valence-electron chi connectivity index (χ3n) is 4.15. The summed E-state index contributed by atoms with van der Waals surface area (Å²) in [5, 5.41) is 1.18. The fraction of sp³-hybridized carbons (Fsp3) is 0.300. The smallest absolute Gasteiger partial charge is 0.116 e. The Balaban J connectivity index is 1.65. The van der Waals surface area contributed by atoms with Crippen molar-refractivity contribution in [2.45, 2.75) is 39.0 Å². The first-order valence-corrected chi connectivity index (χ1v) is 8.01. The van der Waals surface area contributed by atoms with Crippen LogP contribution < -0.4 is 0 Å². The Hall–Kier alpha value is -2.22. The maximum absolute atomic E-state index is 4.46. The third kappa shape index (κ3) is 3.33. The third-order valence-corrected chi connectivity index (χ3v) is 4.15. The number of rotatable bonds is 5. The number of hydrogen-bond donors (Lipinski definition) is 0. The van der Waals surface area contributed by atoms with Gasteiger partial charge in [-0.25, -0.2) is 9.97 Å². The van der Waals surface area contributed by atoms with Crippen molar-refractivity contribution in [3.63, 3.8) is 0 Å². The molecule has 0 aliphatic heterocycles. The van der Waals surface area contributed by atoms with Gasteiger partial charge in [0.15, 0.2) is 0 Å². The van der Waals surface area contributed by atoms with Gasteiger partial charge < -0.3 is 0 Å². The monoisotopic (exact) mass is 290 g/mol. The molecule has 112 valence electrons. The van der Waals surface area contributed by atoms with Crippen molar-refractivity contribution >= 4 is 10.9 Å². The van der Waals surface area contributed by atoms with Crippen LogP contribution in [0.3, 0.4) is 0 Å². The molecule has 0 amide bonds. The van der Waals surface area contributed by atoms with Gasteiger partial charge in [0.05, 0.1) is 11.2 Å². The molecule has 0 bridgehead atoms. The van der Waals surface area contributed by atoms with Gasteiger partial charge in [-0.3, -0.25) is 0 Å². The average molecular weight is 290 g/mol. The summed E-state index contributed by atoms with van der Waals surface area (Å²) in [6, 6.07) is 17.3. The molecule has 2 nitrogen and oxygen atoms in total. The molecule has 2 aromatic carbocycles. The minimum absolute atomic E-state index is 0.599. The first-order valence-electron chi connectivity index (χ1n) is 8.01. The van der Waals surface area contributed by atoms with Gasteiger partial charge in [0, 0.05) is 5.39 Å². The molecule has 1 aromatic heterocycles. The predicted octanol–water partition coefficient (Wildman–Crippen LogP) is 4.93. The van der Waals surface area contributed by atoms with Crippen LogP contribution in [0.2, 0.25) is 0 Å². The summed E-state index contributed by atoms with van der Waals surface area (Å²) in [4.78, 5) is 8.79. The lowest BCUT2D eigenvalue weighted by molar-refractivity contribution is 0.800. The van der Waals surface area contributed by atoms with Gasteiger partial charge in [-0.1, -0.05) is 56.3 Å². The molecule has 0 radical (unpaired) electrons. The van der Waals surface area contributed by atoms with E-state index in [1.54, 1.807) is 6.33 Å². The van der Waals surface area contributed by atoms with E-state index in [1.165, 1.54) is 16.5 Å². The molecule has 0 unspecified atom stereocenters. The molecule has 0 spiro atoms. The molecule has 2 heteroatoms. The van der Waals surface area contributed by atoms with Gasteiger partial charge in [-0.15, -0.1) is 0 Å². The quantitative estimate of drug-likeness (QED) is 0.666. The van der Waals surface area contributed by atoms with Gasteiger partial charge in [0.25, 0.3) is 0 Å². The highest BCUT2D eigenvalue weighted by Crippen LogP contribution is 2.18. The molecule has 3 aromatic rings. The van der Waals surface area contributed by atoms with Crippen molar-refractivity contribution in [3.05, 3.63) is 71.7 Å². The van der Waals surface area contributed by atoms with Crippen LogP contribution in [0, 0.1) is 0 Å². The van der Waals surface area contributed by atoms with Crippen LogP contribution in [0.4, 0.5) is 0 Å². The predicted molar refractivity (Wildman–Crippen MR) is 92.1 cm³/mol. The van der Waals surface area contributed by atoms with Crippen LogP contribution in [0.25, 0.3) is 10.9 Å². The fourth-order valence-corrected chi connectivity index (χ4v) is 2.79. The topological polar surface area (TPSA) is 25.8 Å². The Kier molecular flexibility index (Phi) is 4.47. The van der Waals surface area contributed by atoms with Gasteiger partial charge in [0.2, 0.25) is 0 Å². The van der Waals surface area contributed by atoms with Crippen LogP contribution >= 0.6 is 0 Å². The number of nitrogens with zero attached hydrogens (tertiary/aromatic N) is 2. The highest BCUT2D eigenvalue weighted by molar-refractivity contribution is 5.80. The van der Waals surface area contributed by atoms with Crippen molar-refractivity contribution in [1.82, 2.24) is 9.97 Å². The summed E-state index contributed by atoms with van der Waals surface area (Å²) in [6.45, 7) is 4.46. The van der Waals surface area contributed by atoms with E-state index in [1.807, 2.05) is 12.1 Å². The lowest BCUT2D eigenvalue weighted by Crippen LogP contribution is -1.96. The number of hydrogen-bond acceptors (Lipinski definition) is 2. The molecule has 0 atom stereocenters. The van der Waals surface area contributed by atoms with Gasteiger partial charge in [0.1, 0.15) is 6.33 Å². The van der Waals surface area contributed by atoms with Crippen LogP contribution in [-0.4, -0.2) is 9.97 Å². The van der Waals surface area contributed by atoms with Crippen LogP contribution in [-0.2, 0) is 12.8 Å². The van der Waals surface area contributed by atoms with E-state index in [0.717, 1.165) is 30.5 Å². The number of benzene rings is 2. The van der Waals surface area contributed by atoms with Gasteiger partial charge in [-0.05, 0) is 42.4 Å². The van der Waals surface area contributed by atoms with Crippen LogP contribution in [0.1, 0.15) is 43.0 Å². The summed E-state index contributed by atoms with van der Waals surface area (Å²) >= 11 is 0. The lowest BCUT2D eigenvalue weighted by Gasteiger charge is -2.07. The standard InChI is InChI=1S/C20H22N2/c1-15(2)17-12-10-16(11-13-17)6-5-9-20-18-7-3-4-8-19(18)21-14-22-20/h3-4,7-8,10-15H,5-6,9H2,1-2H3. The summed E-state index contributed by atoms with van der Waals surface area (Å²) in [5.41, 5.74) is 5.01. The molecule has 0 N–H and O–H groups in total. The molecule has 22 heavy (non-hydrogen) atoms. The molecule has 0 aliphatic rings. The Labute approximate surface area is 132 Å². The molecule has 0 fully saturated rings.